The molecule has 0 heteroatoms. The molecule has 0 aliphatic heterocycles. The molecule has 0 heterocycles. The van der Waals surface area contributed by atoms with Crippen molar-refractivity contribution in [2.24, 2.45) is 0 Å². The third-order valence-corrected chi connectivity index (χ3v) is 6.73. The summed E-state index contributed by atoms with van der Waals surface area (Å²) >= 11 is 0. The summed E-state index contributed by atoms with van der Waals surface area (Å²) < 4.78 is 0. The van der Waals surface area contributed by atoms with E-state index in [2.05, 4.69) is 156 Å². The van der Waals surface area contributed by atoms with Gasteiger partial charge in [0.05, 0.1) is 0 Å². The first-order valence-electron chi connectivity index (χ1n) is 19.9. The van der Waals surface area contributed by atoms with Gasteiger partial charge in [0.2, 0.25) is 0 Å². The monoisotopic (exact) mass is 711 g/mol. The summed E-state index contributed by atoms with van der Waals surface area (Å²) in [6.07, 6.45) is 0. The lowest BCUT2D eigenvalue weighted by Gasteiger charge is -1.98. The SMILES string of the molecule is CC.CC.CC.CC.CC.Cc1ccc2ccccc2c1.Cc1cccc2ccccc12.Cc1ccccc1.Cc1ccccc1.Cc1ccccc1. The molecule has 0 nitrogen and oxygen atoms in total. The van der Waals surface area contributed by atoms with Crippen LogP contribution in [0.25, 0.3) is 21.5 Å². The Bertz CT molecular complexity index is 1630. The zero-order valence-electron chi connectivity index (χ0n) is 36.2. The van der Waals surface area contributed by atoms with E-state index in [9.17, 15) is 0 Å². The molecular weight excluding hydrogens is 637 g/mol. The molecule has 0 radical (unpaired) electrons. The summed E-state index contributed by atoms with van der Waals surface area (Å²) in [5.41, 5.74) is 6.64. The minimum Gasteiger partial charge on any atom is -0.0683 e. The van der Waals surface area contributed by atoms with Gasteiger partial charge in [-0.05, 0) is 61.7 Å². The van der Waals surface area contributed by atoms with Gasteiger partial charge in [0, 0.05) is 0 Å². The molecule has 0 atom stereocenters. The van der Waals surface area contributed by atoms with Crippen LogP contribution in [-0.4, -0.2) is 0 Å². The second kappa shape index (κ2) is 38.3. The van der Waals surface area contributed by atoms with Crippen molar-refractivity contribution < 1.29 is 0 Å². The minimum absolute atomic E-state index is 1.32. The number of hydrogen-bond donors (Lipinski definition) is 0. The third kappa shape index (κ3) is 26.5. The van der Waals surface area contributed by atoms with Crippen LogP contribution in [0.2, 0.25) is 0 Å². The molecule has 7 aromatic carbocycles. The van der Waals surface area contributed by atoms with Crippen LogP contribution < -0.4 is 0 Å². The maximum Gasteiger partial charge on any atom is -0.0155 e. The molecule has 0 aromatic heterocycles. The number of rotatable bonds is 0. The van der Waals surface area contributed by atoms with E-state index in [-0.39, 0.29) is 0 Å². The minimum atomic E-state index is 1.32. The van der Waals surface area contributed by atoms with Gasteiger partial charge < -0.3 is 0 Å². The van der Waals surface area contributed by atoms with Crippen molar-refractivity contribution in [2.75, 3.05) is 0 Å². The second-order valence-electron chi connectivity index (χ2n) is 10.6. The molecule has 0 saturated heterocycles. The fraction of sp³-hybridized carbons (Fsp3) is 0.283. The van der Waals surface area contributed by atoms with Crippen molar-refractivity contribution in [2.45, 2.75) is 104 Å². The van der Waals surface area contributed by atoms with Crippen molar-refractivity contribution in [1.82, 2.24) is 0 Å². The predicted molar refractivity (Wildman–Crippen MR) is 248 cm³/mol. The van der Waals surface area contributed by atoms with E-state index in [0.29, 0.717) is 0 Å². The van der Waals surface area contributed by atoms with Gasteiger partial charge in [0.1, 0.15) is 0 Å². The van der Waals surface area contributed by atoms with E-state index in [1.807, 2.05) is 124 Å². The highest BCUT2D eigenvalue weighted by atomic mass is 14.0. The largest absolute Gasteiger partial charge is 0.0683 e. The van der Waals surface area contributed by atoms with Crippen LogP contribution in [0.15, 0.2) is 176 Å². The first-order chi connectivity index (χ1) is 25.9. The van der Waals surface area contributed by atoms with E-state index < -0.39 is 0 Å². The van der Waals surface area contributed by atoms with Crippen LogP contribution in [0.5, 0.6) is 0 Å². The Morgan fingerprint density at radius 3 is 0.906 bits per heavy atom. The number of hydrogen-bond acceptors (Lipinski definition) is 0. The van der Waals surface area contributed by atoms with Gasteiger partial charge in [0.25, 0.3) is 0 Å². The second-order valence-corrected chi connectivity index (χ2v) is 10.6. The van der Waals surface area contributed by atoms with Crippen LogP contribution in [0.1, 0.15) is 97.1 Å². The Morgan fingerprint density at radius 1 is 0.226 bits per heavy atom. The van der Waals surface area contributed by atoms with Gasteiger partial charge >= 0.3 is 0 Å². The van der Waals surface area contributed by atoms with Crippen molar-refractivity contribution >= 4 is 21.5 Å². The molecule has 0 aliphatic carbocycles. The number of benzene rings is 7. The molecule has 0 N–H and O–H groups in total. The lowest BCUT2D eigenvalue weighted by atomic mass is 10.1. The molecule has 0 amide bonds. The molecule has 0 bridgehead atoms. The van der Waals surface area contributed by atoms with Crippen molar-refractivity contribution in [3.63, 3.8) is 0 Å². The van der Waals surface area contributed by atoms with E-state index in [0.717, 1.165) is 0 Å². The Morgan fingerprint density at radius 2 is 0.547 bits per heavy atom. The average molecular weight is 711 g/mol. The average Bonchev–Trinajstić information content (AvgIpc) is 3.24. The molecule has 0 fully saturated rings. The van der Waals surface area contributed by atoms with E-state index in [1.54, 1.807) is 0 Å². The van der Waals surface area contributed by atoms with E-state index >= 15 is 0 Å². The maximum atomic E-state index is 2.20. The van der Waals surface area contributed by atoms with Gasteiger partial charge in [-0.25, -0.2) is 0 Å². The molecule has 0 saturated carbocycles. The highest BCUT2D eigenvalue weighted by molar-refractivity contribution is 5.85. The van der Waals surface area contributed by atoms with Gasteiger partial charge in [0.15, 0.2) is 0 Å². The number of fused-ring (bicyclic) bond motifs is 2. The fourth-order valence-corrected chi connectivity index (χ4v) is 4.30. The fourth-order valence-electron chi connectivity index (χ4n) is 4.30. The topological polar surface area (TPSA) is 0 Å². The highest BCUT2D eigenvalue weighted by Gasteiger charge is 1.92. The van der Waals surface area contributed by atoms with Crippen LogP contribution >= 0.6 is 0 Å². The predicted octanol–water partition coefficient (Wildman–Crippen LogP) is 17.4. The quantitative estimate of drug-likeness (QED) is 0.147. The van der Waals surface area contributed by atoms with Crippen LogP contribution in [-0.2, 0) is 0 Å². The van der Waals surface area contributed by atoms with Crippen molar-refractivity contribution in [3.8, 4) is 0 Å². The lowest BCUT2D eigenvalue weighted by Crippen LogP contribution is -1.75. The molecule has 0 spiro atoms. The zero-order valence-corrected chi connectivity index (χ0v) is 36.2. The first-order valence-corrected chi connectivity index (χ1v) is 19.9. The zero-order chi connectivity index (χ0) is 40.7. The van der Waals surface area contributed by atoms with Gasteiger partial charge in [-0.1, -0.05) is 267 Å². The summed E-state index contributed by atoms with van der Waals surface area (Å²) in [4.78, 5) is 0. The normalized spacial score (nSPS) is 8.28. The molecular formula is C53H74. The standard InChI is InChI=1S/2C11H10.3C7H8.5C2H6/c1-9-5-4-7-10-6-2-3-8-11(9)10;1-9-6-7-10-4-2-3-5-11(10)8-9;3*1-7-5-3-2-4-6-7;5*1-2/h2*2-8H,1H3;3*2-6H,1H3;5*1-2H3. The molecule has 0 aliphatic rings. The molecule has 0 unspecified atom stereocenters. The van der Waals surface area contributed by atoms with Crippen LogP contribution in [0.3, 0.4) is 0 Å². The third-order valence-electron chi connectivity index (χ3n) is 6.73. The maximum absolute atomic E-state index is 2.20. The molecule has 53 heavy (non-hydrogen) atoms. The summed E-state index contributed by atoms with van der Waals surface area (Å²) in [7, 11) is 0. The molecule has 7 rings (SSSR count). The van der Waals surface area contributed by atoms with Gasteiger partial charge in [-0.2, -0.15) is 0 Å². The van der Waals surface area contributed by atoms with Crippen molar-refractivity contribution in [1.29, 1.82) is 0 Å². The van der Waals surface area contributed by atoms with Crippen molar-refractivity contribution in [3.05, 3.63) is 204 Å². The highest BCUT2D eigenvalue weighted by Crippen LogP contribution is 2.17. The lowest BCUT2D eigenvalue weighted by molar-refractivity contribution is 1.48. The smallest absolute Gasteiger partial charge is 0.0155 e. The summed E-state index contributed by atoms with van der Waals surface area (Å²) in [6, 6.07) is 60.5. The van der Waals surface area contributed by atoms with E-state index in [4.69, 9.17) is 0 Å². The van der Waals surface area contributed by atoms with Gasteiger partial charge in [-0.15, -0.1) is 0 Å². The number of aryl methyl sites for hydroxylation is 5. The Hall–Kier alpha value is -4.94. The summed E-state index contributed by atoms with van der Waals surface area (Å²) in [5.74, 6) is 0. The Balaban J connectivity index is -0.000000563. The summed E-state index contributed by atoms with van der Waals surface area (Å²) in [6.45, 7) is 30.5. The van der Waals surface area contributed by atoms with Crippen LogP contribution in [0, 0.1) is 34.6 Å². The van der Waals surface area contributed by atoms with Crippen LogP contribution in [0.4, 0.5) is 0 Å². The Kier molecular flexibility index (Phi) is 37.9. The molecule has 286 valence electrons. The summed E-state index contributed by atoms with van der Waals surface area (Å²) in [5, 5.41) is 5.33. The first kappa shape index (κ1) is 52.4. The molecule has 7 aromatic rings. The Labute approximate surface area is 328 Å². The van der Waals surface area contributed by atoms with Gasteiger partial charge in [-0.3, -0.25) is 0 Å². The van der Waals surface area contributed by atoms with E-state index in [1.165, 1.54) is 49.4 Å².